The van der Waals surface area contributed by atoms with Gasteiger partial charge in [0.05, 0.1) is 35.9 Å². The van der Waals surface area contributed by atoms with Gasteiger partial charge in [-0.1, -0.05) is 18.2 Å². The average molecular weight is 418 g/mol. The van der Waals surface area contributed by atoms with Gasteiger partial charge in [0.15, 0.2) is 0 Å². The molecular formula is C23H22N4O4. The topological polar surface area (TPSA) is 117 Å². The zero-order chi connectivity index (χ0) is 22.0. The van der Waals surface area contributed by atoms with E-state index < -0.39 is 5.97 Å². The molecule has 0 aliphatic carbocycles. The Bertz CT molecular complexity index is 1180. The number of hydrogen-bond donors (Lipinski definition) is 2. The second-order valence-electron chi connectivity index (χ2n) is 7.53. The Hall–Kier alpha value is -3.70. The Balaban J connectivity index is 1.76. The maximum Gasteiger partial charge on any atom is 0.337 e. The normalized spacial score (nSPS) is 16.6. The number of aromatic nitrogens is 2. The zero-order valence-corrected chi connectivity index (χ0v) is 17.3. The maximum absolute atomic E-state index is 11.6. The number of nitrogens with one attached hydrogen (secondary N) is 1. The summed E-state index contributed by atoms with van der Waals surface area (Å²) in [7, 11) is 0. The first-order valence-corrected chi connectivity index (χ1v) is 10.0. The van der Waals surface area contributed by atoms with Crippen LogP contribution in [0.15, 0.2) is 36.4 Å². The molecule has 0 radical (unpaired) electrons. The minimum Gasteiger partial charge on any atom is -0.478 e. The highest BCUT2D eigenvalue weighted by Crippen LogP contribution is 2.30. The first-order valence-electron chi connectivity index (χ1n) is 10.0. The molecule has 2 atom stereocenters. The van der Waals surface area contributed by atoms with Crippen molar-refractivity contribution in [3.05, 3.63) is 58.8 Å². The van der Waals surface area contributed by atoms with Gasteiger partial charge in [-0.15, -0.1) is 0 Å². The molecule has 0 saturated carbocycles. The molecule has 1 unspecified atom stereocenters. The molecule has 31 heavy (non-hydrogen) atoms. The van der Waals surface area contributed by atoms with Crippen LogP contribution in [0.5, 0.6) is 5.88 Å². The van der Waals surface area contributed by atoms with Crippen LogP contribution in [-0.4, -0.2) is 40.4 Å². The third-order valence-corrected chi connectivity index (χ3v) is 5.18. The minimum absolute atomic E-state index is 0.132. The number of aryl methyl sites for hydroxylation is 1. The summed E-state index contributed by atoms with van der Waals surface area (Å²) in [6.45, 7) is 4.93. The molecule has 1 aliphatic rings. The lowest BCUT2D eigenvalue weighted by Crippen LogP contribution is -2.18. The molecule has 1 saturated heterocycles. The monoisotopic (exact) mass is 418 g/mol. The van der Waals surface area contributed by atoms with Crippen LogP contribution in [0.4, 0.5) is 5.69 Å². The van der Waals surface area contributed by atoms with Gasteiger partial charge in [-0.2, -0.15) is 5.26 Å². The summed E-state index contributed by atoms with van der Waals surface area (Å²) in [4.78, 5) is 20.7. The molecule has 1 aromatic heterocycles. The third-order valence-electron chi connectivity index (χ3n) is 5.18. The fourth-order valence-corrected chi connectivity index (χ4v) is 3.67. The van der Waals surface area contributed by atoms with Crippen LogP contribution in [0, 0.1) is 18.3 Å². The smallest absolute Gasteiger partial charge is 0.337 e. The first kappa shape index (κ1) is 20.6. The van der Waals surface area contributed by atoms with Gasteiger partial charge < -0.3 is 19.9 Å². The molecule has 3 aromatic rings. The molecule has 8 heteroatoms. The Morgan fingerprint density at radius 2 is 2.16 bits per heavy atom. The number of hydrogen-bond acceptors (Lipinski definition) is 7. The number of rotatable bonds is 6. The van der Waals surface area contributed by atoms with Crippen molar-refractivity contribution in [2.75, 3.05) is 18.5 Å². The van der Waals surface area contributed by atoms with Crippen LogP contribution in [0.2, 0.25) is 0 Å². The number of carboxylic acid groups (broad SMARTS) is 1. The molecule has 2 aromatic carbocycles. The number of para-hydroxylation sites is 1. The Labute approximate surface area is 179 Å². The Morgan fingerprint density at radius 3 is 2.87 bits per heavy atom. The number of carbonyl (C=O) groups is 1. The van der Waals surface area contributed by atoms with Crippen LogP contribution in [0.3, 0.4) is 0 Å². The fraction of sp³-hybridized carbons (Fsp3) is 0.304. The summed E-state index contributed by atoms with van der Waals surface area (Å²) in [5.74, 6) is -0.814. The molecule has 0 amide bonds. The van der Waals surface area contributed by atoms with Crippen LogP contribution in [-0.2, 0) is 4.74 Å². The predicted octanol–water partition coefficient (Wildman–Crippen LogP) is 3.85. The van der Waals surface area contributed by atoms with Gasteiger partial charge >= 0.3 is 5.97 Å². The second-order valence-corrected chi connectivity index (χ2v) is 7.53. The molecule has 2 heterocycles. The van der Waals surface area contributed by atoms with Crippen molar-refractivity contribution in [3.8, 4) is 11.9 Å². The molecule has 4 rings (SSSR count). The molecule has 1 aliphatic heterocycles. The maximum atomic E-state index is 11.6. The van der Waals surface area contributed by atoms with Crippen molar-refractivity contribution < 1.29 is 19.4 Å². The van der Waals surface area contributed by atoms with Crippen LogP contribution >= 0.6 is 0 Å². The number of ether oxygens (including phenoxy) is 2. The van der Waals surface area contributed by atoms with Crippen LogP contribution in [0.25, 0.3) is 11.0 Å². The second kappa shape index (κ2) is 8.58. The van der Waals surface area contributed by atoms with Gasteiger partial charge in [0.25, 0.3) is 5.88 Å². The van der Waals surface area contributed by atoms with E-state index in [0.717, 1.165) is 17.5 Å². The van der Waals surface area contributed by atoms with Crippen LogP contribution in [0.1, 0.15) is 46.6 Å². The Kier molecular flexibility index (Phi) is 5.69. The van der Waals surface area contributed by atoms with E-state index in [2.05, 4.69) is 21.4 Å². The molecule has 0 spiro atoms. The lowest BCUT2D eigenvalue weighted by molar-refractivity contribution is 0.0698. The predicted molar refractivity (Wildman–Crippen MR) is 114 cm³/mol. The molecular weight excluding hydrogens is 396 g/mol. The van der Waals surface area contributed by atoms with Crippen molar-refractivity contribution in [1.29, 1.82) is 5.26 Å². The summed E-state index contributed by atoms with van der Waals surface area (Å²) in [6.07, 6.45) is 0.570. The summed E-state index contributed by atoms with van der Waals surface area (Å²) in [5, 5.41) is 22.3. The number of aromatic carboxylic acids is 1. The largest absolute Gasteiger partial charge is 0.478 e. The number of nitriles is 1. The standard InChI is InChI=1S/C23H22N4O4/c1-13-9-17(14(2)25-18-6-4-3-5-16(18)23(28)29)21-19(10-13)26-20(11-24)22(27-21)31-15-7-8-30-12-15/h3-6,9-10,14-15,25H,7-8,12H2,1-2H3,(H,28,29)/t14-,15?/m1/s1. The van der Waals surface area contributed by atoms with E-state index in [0.29, 0.717) is 29.9 Å². The van der Waals surface area contributed by atoms with Crippen molar-refractivity contribution >= 4 is 22.7 Å². The summed E-state index contributed by atoms with van der Waals surface area (Å²) >= 11 is 0. The van der Waals surface area contributed by atoms with Gasteiger partial charge in [0.2, 0.25) is 5.69 Å². The van der Waals surface area contributed by atoms with Crippen LogP contribution < -0.4 is 10.1 Å². The SMILES string of the molecule is Cc1cc([C@@H](C)Nc2ccccc2C(=O)O)c2nc(OC3CCOC3)c(C#N)nc2c1. The summed E-state index contributed by atoms with van der Waals surface area (Å²) in [6, 6.07) is 12.4. The molecule has 0 bridgehead atoms. The van der Waals surface area contributed by atoms with E-state index in [1.165, 1.54) is 0 Å². The lowest BCUT2D eigenvalue weighted by atomic mass is 10.0. The van der Waals surface area contributed by atoms with E-state index >= 15 is 0 Å². The molecule has 1 fully saturated rings. The van der Waals surface area contributed by atoms with E-state index in [1.807, 2.05) is 26.0 Å². The van der Waals surface area contributed by atoms with Gasteiger partial charge in [-0.3, -0.25) is 0 Å². The Morgan fingerprint density at radius 1 is 1.35 bits per heavy atom. The van der Waals surface area contributed by atoms with E-state index in [9.17, 15) is 15.2 Å². The minimum atomic E-state index is -1.00. The van der Waals surface area contributed by atoms with Gasteiger partial charge in [-0.25, -0.2) is 14.8 Å². The summed E-state index contributed by atoms with van der Waals surface area (Å²) in [5.41, 5.74) is 3.81. The van der Waals surface area contributed by atoms with E-state index in [4.69, 9.17) is 9.47 Å². The lowest BCUT2D eigenvalue weighted by Gasteiger charge is -2.20. The van der Waals surface area contributed by atoms with Gasteiger partial charge in [-0.05, 0) is 37.6 Å². The van der Waals surface area contributed by atoms with Crippen molar-refractivity contribution in [2.24, 2.45) is 0 Å². The molecule has 8 nitrogen and oxygen atoms in total. The molecule has 2 N–H and O–H groups in total. The number of nitrogens with zero attached hydrogens (tertiary/aromatic N) is 3. The average Bonchev–Trinajstić information content (AvgIpc) is 3.26. The molecule has 158 valence electrons. The number of fused-ring (bicyclic) bond motifs is 1. The number of carboxylic acids is 1. The van der Waals surface area contributed by atoms with Crippen molar-refractivity contribution in [3.63, 3.8) is 0 Å². The van der Waals surface area contributed by atoms with Gasteiger partial charge in [0, 0.05) is 17.7 Å². The fourth-order valence-electron chi connectivity index (χ4n) is 3.67. The quantitative estimate of drug-likeness (QED) is 0.620. The third kappa shape index (κ3) is 4.27. The zero-order valence-electron chi connectivity index (χ0n) is 17.3. The van der Waals surface area contributed by atoms with Gasteiger partial charge in [0.1, 0.15) is 12.2 Å². The van der Waals surface area contributed by atoms with Crippen molar-refractivity contribution in [1.82, 2.24) is 9.97 Å². The highest BCUT2D eigenvalue weighted by molar-refractivity contribution is 5.94. The summed E-state index contributed by atoms with van der Waals surface area (Å²) < 4.78 is 11.3. The first-order chi connectivity index (χ1) is 15.0. The van der Waals surface area contributed by atoms with E-state index in [-0.39, 0.29) is 29.3 Å². The highest BCUT2D eigenvalue weighted by atomic mass is 16.5. The highest BCUT2D eigenvalue weighted by Gasteiger charge is 2.23. The number of benzene rings is 2. The van der Waals surface area contributed by atoms with E-state index in [1.54, 1.807) is 24.3 Å². The van der Waals surface area contributed by atoms with Crippen molar-refractivity contribution in [2.45, 2.75) is 32.4 Å². The number of anilines is 1.